The van der Waals surface area contributed by atoms with Gasteiger partial charge < -0.3 is 10.6 Å². The summed E-state index contributed by atoms with van der Waals surface area (Å²) in [5, 5.41) is 0. The van der Waals surface area contributed by atoms with Crippen molar-refractivity contribution in [2.24, 2.45) is 11.7 Å². The monoisotopic (exact) mass is 282 g/mol. The van der Waals surface area contributed by atoms with Crippen molar-refractivity contribution in [1.82, 2.24) is 4.90 Å². The molecule has 1 aliphatic rings. The maximum absolute atomic E-state index is 11.8. The number of hydrogen-bond acceptors (Lipinski definition) is 2. The number of carbonyl (C=O) groups is 1. The van der Waals surface area contributed by atoms with Gasteiger partial charge in [0, 0.05) is 13.1 Å². The molecule has 4 heteroatoms. The van der Waals surface area contributed by atoms with Gasteiger partial charge in [0.05, 0.1) is 6.04 Å². The van der Waals surface area contributed by atoms with E-state index in [2.05, 4.69) is 24.3 Å². The number of carbonyl (C=O) groups excluding carboxylic acids is 1. The van der Waals surface area contributed by atoms with Crippen molar-refractivity contribution in [3.05, 3.63) is 35.9 Å². The zero-order valence-electron chi connectivity index (χ0n) is 11.4. The molecule has 0 radical (unpaired) electrons. The number of piperidine rings is 1. The highest BCUT2D eigenvalue weighted by Gasteiger charge is 2.24. The molecule has 0 saturated carbocycles. The number of amides is 1. The third-order valence-corrected chi connectivity index (χ3v) is 3.68. The summed E-state index contributed by atoms with van der Waals surface area (Å²) in [6, 6.07) is 10.2. The van der Waals surface area contributed by atoms with Crippen LogP contribution in [0.5, 0.6) is 0 Å². The number of rotatable bonds is 3. The number of nitrogens with two attached hydrogens (primary N) is 1. The van der Waals surface area contributed by atoms with Crippen molar-refractivity contribution in [2.45, 2.75) is 32.2 Å². The number of nitrogens with zero attached hydrogens (tertiary/aromatic N) is 1. The SMILES string of the molecule is C[C@H](N)C(=O)N1CCC(Cc2ccccc2)CC1.Cl. The first-order valence-electron chi connectivity index (χ1n) is 6.75. The molecular weight excluding hydrogens is 260 g/mol. The smallest absolute Gasteiger partial charge is 0.239 e. The van der Waals surface area contributed by atoms with Crippen LogP contribution in [0.25, 0.3) is 0 Å². The first-order valence-corrected chi connectivity index (χ1v) is 6.75. The maximum atomic E-state index is 11.8. The van der Waals surface area contributed by atoms with Gasteiger partial charge in [0.25, 0.3) is 0 Å². The van der Waals surface area contributed by atoms with E-state index in [1.807, 2.05) is 11.0 Å². The van der Waals surface area contributed by atoms with Gasteiger partial charge in [0.2, 0.25) is 5.91 Å². The van der Waals surface area contributed by atoms with E-state index in [1.165, 1.54) is 5.56 Å². The van der Waals surface area contributed by atoms with Crippen LogP contribution in [-0.4, -0.2) is 29.9 Å². The van der Waals surface area contributed by atoms with Gasteiger partial charge in [-0.25, -0.2) is 0 Å². The summed E-state index contributed by atoms with van der Waals surface area (Å²) < 4.78 is 0. The molecule has 1 amide bonds. The summed E-state index contributed by atoms with van der Waals surface area (Å²) in [6.45, 7) is 3.48. The molecule has 2 rings (SSSR count). The Balaban J connectivity index is 0.00000180. The van der Waals surface area contributed by atoms with E-state index in [1.54, 1.807) is 6.92 Å². The molecule has 2 N–H and O–H groups in total. The Bertz CT molecular complexity index is 386. The van der Waals surface area contributed by atoms with Crippen LogP contribution >= 0.6 is 12.4 Å². The quantitative estimate of drug-likeness (QED) is 0.924. The van der Waals surface area contributed by atoms with E-state index >= 15 is 0 Å². The van der Waals surface area contributed by atoms with Gasteiger partial charge in [0.1, 0.15) is 0 Å². The molecule has 0 unspecified atom stereocenters. The summed E-state index contributed by atoms with van der Waals surface area (Å²) in [7, 11) is 0. The number of benzene rings is 1. The summed E-state index contributed by atoms with van der Waals surface area (Å²) in [4.78, 5) is 13.7. The molecule has 1 saturated heterocycles. The van der Waals surface area contributed by atoms with Crippen molar-refractivity contribution < 1.29 is 4.79 Å². The topological polar surface area (TPSA) is 46.3 Å². The second-order valence-corrected chi connectivity index (χ2v) is 5.25. The Hall–Kier alpha value is -1.06. The van der Waals surface area contributed by atoms with Gasteiger partial charge >= 0.3 is 0 Å². The Morgan fingerprint density at radius 3 is 2.42 bits per heavy atom. The lowest BCUT2D eigenvalue weighted by Gasteiger charge is -2.33. The predicted molar refractivity (Wildman–Crippen MR) is 80.3 cm³/mol. The third kappa shape index (κ3) is 4.51. The van der Waals surface area contributed by atoms with Crippen molar-refractivity contribution in [2.75, 3.05) is 13.1 Å². The molecule has 1 aromatic rings. The largest absolute Gasteiger partial charge is 0.341 e. The lowest BCUT2D eigenvalue weighted by atomic mass is 9.90. The molecule has 106 valence electrons. The lowest BCUT2D eigenvalue weighted by molar-refractivity contribution is -0.133. The van der Waals surface area contributed by atoms with E-state index in [4.69, 9.17) is 5.73 Å². The van der Waals surface area contributed by atoms with Crippen molar-refractivity contribution >= 4 is 18.3 Å². The fourth-order valence-electron chi connectivity index (χ4n) is 2.59. The summed E-state index contributed by atoms with van der Waals surface area (Å²) in [6.07, 6.45) is 3.31. The van der Waals surface area contributed by atoms with Crippen LogP contribution in [0.1, 0.15) is 25.3 Å². The predicted octanol–water partition coefficient (Wildman–Crippen LogP) is 2.24. The first-order chi connectivity index (χ1) is 8.66. The van der Waals surface area contributed by atoms with E-state index in [0.717, 1.165) is 32.4 Å². The third-order valence-electron chi connectivity index (χ3n) is 3.68. The van der Waals surface area contributed by atoms with Crippen LogP contribution in [-0.2, 0) is 11.2 Å². The van der Waals surface area contributed by atoms with Gasteiger partial charge in [-0.3, -0.25) is 4.79 Å². The molecule has 0 spiro atoms. The summed E-state index contributed by atoms with van der Waals surface area (Å²) in [5.74, 6) is 0.790. The molecule has 1 aromatic carbocycles. The van der Waals surface area contributed by atoms with Crippen LogP contribution < -0.4 is 5.73 Å². The maximum Gasteiger partial charge on any atom is 0.239 e. The number of likely N-dealkylation sites (tertiary alicyclic amines) is 1. The molecule has 3 nitrogen and oxygen atoms in total. The molecule has 1 heterocycles. The van der Waals surface area contributed by atoms with Gasteiger partial charge in [-0.2, -0.15) is 0 Å². The number of halogens is 1. The fourth-order valence-corrected chi connectivity index (χ4v) is 2.59. The van der Waals surface area contributed by atoms with Crippen LogP contribution in [0.4, 0.5) is 0 Å². The second-order valence-electron chi connectivity index (χ2n) is 5.25. The Morgan fingerprint density at radius 1 is 1.32 bits per heavy atom. The van der Waals surface area contributed by atoms with E-state index < -0.39 is 0 Å². The zero-order valence-corrected chi connectivity index (χ0v) is 12.2. The first kappa shape index (κ1) is 16.0. The molecule has 0 aliphatic carbocycles. The van der Waals surface area contributed by atoms with Crippen LogP contribution in [0, 0.1) is 5.92 Å². The molecule has 0 bridgehead atoms. The van der Waals surface area contributed by atoms with Crippen molar-refractivity contribution in [3.8, 4) is 0 Å². The minimum atomic E-state index is -0.365. The van der Waals surface area contributed by atoms with Crippen molar-refractivity contribution in [3.63, 3.8) is 0 Å². The molecule has 0 aromatic heterocycles. The van der Waals surface area contributed by atoms with E-state index in [-0.39, 0.29) is 24.4 Å². The average molecular weight is 283 g/mol. The highest BCUT2D eigenvalue weighted by atomic mass is 35.5. The molecule has 1 atom stereocenters. The molecule has 19 heavy (non-hydrogen) atoms. The average Bonchev–Trinajstić information content (AvgIpc) is 2.40. The van der Waals surface area contributed by atoms with Crippen molar-refractivity contribution in [1.29, 1.82) is 0 Å². The standard InChI is InChI=1S/C15H22N2O.ClH/c1-12(16)15(18)17-9-7-14(8-10-17)11-13-5-3-2-4-6-13;/h2-6,12,14H,7-11,16H2,1H3;1H/t12-;/m0./s1. The summed E-state index contributed by atoms with van der Waals surface area (Å²) >= 11 is 0. The Morgan fingerprint density at radius 2 is 1.89 bits per heavy atom. The minimum absolute atomic E-state index is 0. The van der Waals surface area contributed by atoms with E-state index in [9.17, 15) is 4.79 Å². The van der Waals surface area contributed by atoms with Gasteiger partial charge in [-0.1, -0.05) is 30.3 Å². The zero-order chi connectivity index (χ0) is 13.0. The normalized spacial score (nSPS) is 17.7. The minimum Gasteiger partial charge on any atom is -0.341 e. The summed E-state index contributed by atoms with van der Waals surface area (Å²) in [5.41, 5.74) is 7.03. The Labute approximate surface area is 121 Å². The van der Waals surface area contributed by atoms with Crippen LogP contribution in [0.15, 0.2) is 30.3 Å². The molecule has 1 fully saturated rings. The van der Waals surface area contributed by atoms with Gasteiger partial charge in [0.15, 0.2) is 0 Å². The number of hydrogen-bond donors (Lipinski definition) is 1. The second kappa shape index (κ2) is 7.51. The van der Waals surface area contributed by atoms with Gasteiger partial charge in [-0.15, -0.1) is 12.4 Å². The fraction of sp³-hybridized carbons (Fsp3) is 0.533. The lowest BCUT2D eigenvalue weighted by Crippen LogP contribution is -2.46. The van der Waals surface area contributed by atoms with E-state index in [0.29, 0.717) is 5.92 Å². The van der Waals surface area contributed by atoms with Crippen LogP contribution in [0.3, 0.4) is 0 Å². The Kier molecular flexibility index (Phi) is 6.32. The highest BCUT2D eigenvalue weighted by molar-refractivity contribution is 5.85. The molecular formula is C15H23ClN2O. The highest BCUT2D eigenvalue weighted by Crippen LogP contribution is 2.21. The van der Waals surface area contributed by atoms with Crippen LogP contribution in [0.2, 0.25) is 0 Å². The van der Waals surface area contributed by atoms with Gasteiger partial charge in [-0.05, 0) is 37.7 Å². The molecule has 1 aliphatic heterocycles.